The maximum atomic E-state index is 4.33. The summed E-state index contributed by atoms with van der Waals surface area (Å²) in [5, 5.41) is 14.5. The highest BCUT2D eigenvalue weighted by atomic mass is 15.3. The van der Waals surface area contributed by atoms with Gasteiger partial charge >= 0.3 is 0 Å². The predicted molar refractivity (Wildman–Crippen MR) is 64.4 cm³/mol. The number of H-pyrrole nitrogens is 1. The van der Waals surface area contributed by atoms with Gasteiger partial charge in [-0.25, -0.2) is 4.98 Å². The SMILES string of the molecule is CCCn1cc(C(NCC)c2ncn[nH]2)cn1. The number of rotatable bonds is 6. The first kappa shape index (κ1) is 11.8. The van der Waals surface area contributed by atoms with Gasteiger partial charge in [-0.2, -0.15) is 10.2 Å². The number of hydrogen-bond donors (Lipinski definition) is 2. The lowest BCUT2D eigenvalue weighted by molar-refractivity contribution is 0.588. The van der Waals surface area contributed by atoms with Gasteiger partial charge in [0.1, 0.15) is 12.2 Å². The second kappa shape index (κ2) is 5.58. The fraction of sp³-hybridized carbons (Fsp3) is 0.545. The summed E-state index contributed by atoms with van der Waals surface area (Å²) in [6.45, 7) is 6.01. The van der Waals surface area contributed by atoms with E-state index in [1.807, 2.05) is 10.9 Å². The third kappa shape index (κ3) is 2.71. The number of nitrogens with zero attached hydrogens (tertiary/aromatic N) is 4. The molecule has 0 aliphatic heterocycles. The molecule has 0 saturated heterocycles. The van der Waals surface area contributed by atoms with Crippen LogP contribution in [-0.2, 0) is 6.54 Å². The Hall–Kier alpha value is -1.69. The van der Waals surface area contributed by atoms with E-state index in [-0.39, 0.29) is 6.04 Å². The van der Waals surface area contributed by atoms with E-state index in [0.717, 1.165) is 30.9 Å². The molecule has 2 aromatic heterocycles. The smallest absolute Gasteiger partial charge is 0.146 e. The molecule has 0 aliphatic carbocycles. The summed E-state index contributed by atoms with van der Waals surface area (Å²) in [6, 6.07) is 0.0353. The zero-order valence-electron chi connectivity index (χ0n) is 10.2. The molecule has 2 rings (SSSR count). The minimum absolute atomic E-state index is 0.0353. The summed E-state index contributed by atoms with van der Waals surface area (Å²) in [5.74, 6) is 0.822. The van der Waals surface area contributed by atoms with Gasteiger partial charge in [-0.3, -0.25) is 9.78 Å². The average Bonchev–Trinajstić information content (AvgIpc) is 2.97. The number of aromatic amines is 1. The van der Waals surface area contributed by atoms with Crippen LogP contribution < -0.4 is 5.32 Å². The topological polar surface area (TPSA) is 71.4 Å². The van der Waals surface area contributed by atoms with E-state index in [0.29, 0.717) is 0 Å². The zero-order valence-corrected chi connectivity index (χ0v) is 10.2. The molecule has 0 aromatic carbocycles. The molecule has 2 aromatic rings. The van der Waals surface area contributed by atoms with Crippen molar-refractivity contribution in [3.05, 3.63) is 30.1 Å². The highest BCUT2D eigenvalue weighted by Crippen LogP contribution is 2.17. The van der Waals surface area contributed by atoms with E-state index in [9.17, 15) is 0 Å². The summed E-state index contributed by atoms with van der Waals surface area (Å²) in [4.78, 5) is 4.20. The molecular weight excluding hydrogens is 216 g/mol. The van der Waals surface area contributed by atoms with Gasteiger partial charge in [-0.05, 0) is 13.0 Å². The van der Waals surface area contributed by atoms with E-state index in [2.05, 4.69) is 45.6 Å². The van der Waals surface area contributed by atoms with Crippen molar-refractivity contribution >= 4 is 0 Å². The van der Waals surface area contributed by atoms with E-state index >= 15 is 0 Å². The maximum Gasteiger partial charge on any atom is 0.146 e. The summed E-state index contributed by atoms with van der Waals surface area (Å²) in [5.41, 5.74) is 1.11. The molecular formula is C11H18N6. The van der Waals surface area contributed by atoms with E-state index in [4.69, 9.17) is 0 Å². The van der Waals surface area contributed by atoms with Gasteiger partial charge in [0.25, 0.3) is 0 Å². The Labute approximate surface area is 100 Å². The van der Waals surface area contributed by atoms with Crippen molar-refractivity contribution in [2.24, 2.45) is 0 Å². The Morgan fingerprint density at radius 1 is 1.47 bits per heavy atom. The van der Waals surface area contributed by atoms with Crippen molar-refractivity contribution in [1.29, 1.82) is 0 Å². The quantitative estimate of drug-likeness (QED) is 0.785. The first-order valence-electron chi connectivity index (χ1n) is 5.96. The third-order valence-corrected chi connectivity index (χ3v) is 2.55. The van der Waals surface area contributed by atoms with Crippen LogP contribution in [-0.4, -0.2) is 31.5 Å². The molecule has 0 aliphatic rings. The predicted octanol–water partition coefficient (Wildman–Crippen LogP) is 1.11. The Bertz CT molecular complexity index is 433. The van der Waals surface area contributed by atoms with Crippen LogP contribution in [0.3, 0.4) is 0 Å². The number of hydrogen-bond acceptors (Lipinski definition) is 4. The lowest BCUT2D eigenvalue weighted by atomic mass is 10.1. The van der Waals surface area contributed by atoms with Gasteiger partial charge in [0, 0.05) is 18.3 Å². The van der Waals surface area contributed by atoms with Crippen molar-refractivity contribution in [2.75, 3.05) is 6.54 Å². The zero-order chi connectivity index (χ0) is 12.1. The summed E-state index contributed by atoms with van der Waals surface area (Å²) >= 11 is 0. The minimum Gasteiger partial charge on any atom is -0.304 e. The molecule has 0 radical (unpaired) electrons. The second-order valence-corrected chi connectivity index (χ2v) is 3.90. The Morgan fingerprint density at radius 2 is 2.35 bits per heavy atom. The summed E-state index contributed by atoms with van der Waals surface area (Å²) < 4.78 is 1.95. The Kier molecular flexibility index (Phi) is 3.87. The van der Waals surface area contributed by atoms with Crippen molar-refractivity contribution in [1.82, 2.24) is 30.3 Å². The molecule has 2 N–H and O–H groups in total. The third-order valence-electron chi connectivity index (χ3n) is 2.55. The monoisotopic (exact) mass is 234 g/mol. The van der Waals surface area contributed by atoms with Gasteiger partial charge < -0.3 is 5.32 Å². The first-order chi connectivity index (χ1) is 8.35. The first-order valence-corrected chi connectivity index (χ1v) is 5.96. The number of aryl methyl sites for hydroxylation is 1. The molecule has 0 spiro atoms. The van der Waals surface area contributed by atoms with Gasteiger partial charge in [0.2, 0.25) is 0 Å². The maximum absolute atomic E-state index is 4.33. The molecule has 0 amide bonds. The van der Waals surface area contributed by atoms with Crippen LogP contribution in [0.1, 0.15) is 37.7 Å². The minimum atomic E-state index is 0.0353. The standard InChI is InChI=1S/C11H18N6/c1-3-5-17-7-9(6-15-17)10(12-4-2)11-13-8-14-16-11/h6-8,10,12H,3-5H2,1-2H3,(H,13,14,16). The molecule has 0 bridgehead atoms. The molecule has 6 nitrogen and oxygen atoms in total. The Balaban J connectivity index is 2.20. The van der Waals surface area contributed by atoms with Gasteiger partial charge in [0.05, 0.1) is 12.2 Å². The van der Waals surface area contributed by atoms with Crippen LogP contribution in [0.25, 0.3) is 0 Å². The number of nitrogens with one attached hydrogen (secondary N) is 2. The van der Waals surface area contributed by atoms with Crippen LogP contribution >= 0.6 is 0 Å². The largest absolute Gasteiger partial charge is 0.304 e. The highest BCUT2D eigenvalue weighted by Gasteiger charge is 2.17. The fourth-order valence-electron chi connectivity index (χ4n) is 1.81. The Morgan fingerprint density at radius 3 is 3.00 bits per heavy atom. The molecule has 1 atom stereocenters. The van der Waals surface area contributed by atoms with Gasteiger partial charge in [-0.15, -0.1) is 0 Å². The lowest BCUT2D eigenvalue weighted by Crippen LogP contribution is -2.22. The second-order valence-electron chi connectivity index (χ2n) is 3.90. The van der Waals surface area contributed by atoms with Crippen LogP contribution in [0.2, 0.25) is 0 Å². The molecule has 17 heavy (non-hydrogen) atoms. The molecule has 0 saturated carbocycles. The van der Waals surface area contributed by atoms with Crippen LogP contribution in [0.4, 0.5) is 0 Å². The molecule has 1 unspecified atom stereocenters. The summed E-state index contributed by atoms with van der Waals surface area (Å²) in [7, 11) is 0. The fourth-order valence-corrected chi connectivity index (χ4v) is 1.81. The number of aromatic nitrogens is 5. The molecule has 92 valence electrons. The summed E-state index contributed by atoms with van der Waals surface area (Å²) in [6.07, 6.45) is 6.54. The van der Waals surface area contributed by atoms with E-state index in [1.165, 1.54) is 6.33 Å². The lowest BCUT2D eigenvalue weighted by Gasteiger charge is -2.12. The van der Waals surface area contributed by atoms with Crippen molar-refractivity contribution in [3.63, 3.8) is 0 Å². The van der Waals surface area contributed by atoms with Gasteiger partial charge in [0.15, 0.2) is 0 Å². The molecule has 2 heterocycles. The van der Waals surface area contributed by atoms with Crippen LogP contribution in [0.15, 0.2) is 18.7 Å². The highest BCUT2D eigenvalue weighted by molar-refractivity contribution is 5.18. The van der Waals surface area contributed by atoms with E-state index < -0.39 is 0 Å². The average molecular weight is 234 g/mol. The van der Waals surface area contributed by atoms with Crippen LogP contribution in [0.5, 0.6) is 0 Å². The van der Waals surface area contributed by atoms with Crippen LogP contribution in [0, 0.1) is 0 Å². The normalized spacial score (nSPS) is 12.8. The van der Waals surface area contributed by atoms with Crippen molar-refractivity contribution in [3.8, 4) is 0 Å². The van der Waals surface area contributed by atoms with E-state index in [1.54, 1.807) is 0 Å². The van der Waals surface area contributed by atoms with Gasteiger partial charge in [-0.1, -0.05) is 13.8 Å². The van der Waals surface area contributed by atoms with Crippen molar-refractivity contribution in [2.45, 2.75) is 32.9 Å². The van der Waals surface area contributed by atoms with Crippen molar-refractivity contribution < 1.29 is 0 Å². The molecule has 0 fully saturated rings. The molecule has 6 heteroatoms.